The average molecular weight is 763 g/mol. The van der Waals surface area contributed by atoms with Gasteiger partial charge in [-0.1, -0.05) is 26.0 Å². The number of benzene rings is 2. The largest absolute Gasteiger partial charge is 0.497 e. The second kappa shape index (κ2) is 17.8. The first kappa shape index (κ1) is 39.9. The Labute approximate surface area is 331 Å². The zero-order valence-corrected chi connectivity index (χ0v) is 33.4. The summed E-state index contributed by atoms with van der Waals surface area (Å²) >= 11 is 0. The Morgan fingerprint density at radius 3 is 1.86 bits per heavy atom. The number of carbonyl (C=O) groups excluding carboxylic acids is 1. The van der Waals surface area contributed by atoms with Crippen LogP contribution in [0, 0.1) is 29.6 Å². The molecule has 2 aromatic heterocycles. The van der Waals surface area contributed by atoms with Crippen molar-refractivity contribution in [3.63, 3.8) is 0 Å². The molecule has 298 valence electrons. The zero-order valence-electron chi connectivity index (χ0n) is 33.4. The van der Waals surface area contributed by atoms with Gasteiger partial charge in [0.1, 0.15) is 18.1 Å². The Balaban J connectivity index is 0.000000178. The molecule has 6 saturated heterocycles. The highest BCUT2D eigenvalue weighted by Gasteiger charge is 2.44. The van der Waals surface area contributed by atoms with Gasteiger partial charge >= 0.3 is 5.97 Å². The molecule has 0 radical (unpaired) electrons. The predicted molar refractivity (Wildman–Crippen MR) is 220 cm³/mol. The van der Waals surface area contributed by atoms with Crippen LogP contribution in [-0.2, 0) is 14.3 Å². The minimum absolute atomic E-state index is 0.0644. The van der Waals surface area contributed by atoms with E-state index in [0.29, 0.717) is 36.2 Å². The maximum absolute atomic E-state index is 12.4. The van der Waals surface area contributed by atoms with Crippen molar-refractivity contribution in [1.29, 1.82) is 0 Å². The highest BCUT2D eigenvalue weighted by molar-refractivity contribution is 5.85. The Bertz CT molecular complexity index is 2000. The van der Waals surface area contributed by atoms with Crippen LogP contribution >= 0.6 is 0 Å². The van der Waals surface area contributed by atoms with Gasteiger partial charge in [0.2, 0.25) is 0 Å². The van der Waals surface area contributed by atoms with E-state index in [0.717, 1.165) is 83.5 Å². The summed E-state index contributed by atoms with van der Waals surface area (Å²) in [6, 6.07) is 16.1. The van der Waals surface area contributed by atoms with E-state index < -0.39 is 6.10 Å². The highest BCUT2D eigenvalue weighted by atomic mass is 16.6. The molecule has 56 heavy (non-hydrogen) atoms. The molecule has 8 heterocycles. The van der Waals surface area contributed by atoms with Crippen LogP contribution in [0.25, 0.3) is 21.8 Å². The van der Waals surface area contributed by atoms with Gasteiger partial charge in [-0.25, -0.2) is 4.79 Å². The molecule has 0 spiro atoms. The number of fused-ring (bicyclic) bond motifs is 8. The summed E-state index contributed by atoms with van der Waals surface area (Å²) in [5.41, 5.74) is 3.77. The van der Waals surface area contributed by atoms with E-state index in [9.17, 15) is 9.90 Å². The van der Waals surface area contributed by atoms with Crippen LogP contribution in [0.4, 0.5) is 0 Å². The number of carbonyl (C=O) groups is 1. The lowest BCUT2D eigenvalue weighted by Crippen LogP contribution is -2.55. The van der Waals surface area contributed by atoms with Crippen LogP contribution in [0.15, 0.2) is 86.2 Å². The third-order valence-electron chi connectivity index (χ3n) is 12.6. The van der Waals surface area contributed by atoms with Gasteiger partial charge in [0.15, 0.2) is 0 Å². The third kappa shape index (κ3) is 8.49. The van der Waals surface area contributed by atoms with Crippen LogP contribution in [0.2, 0.25) is 0 Å². The van der Waals surface area contributed by atoms with Crippen molar-refractivity contribution >= 4 is 27.8 Å². The number of rotatable bonds is 13. The molecule has 6 fully saturated rings. The topological polar surface area (TPSA) is 106 Å². The molecule has 6 aliphatic rings. The number of piperidine rings is 6. The van der Waals surface area contributed by atoms with Crippen molar-refractivity contribution in [2.75, 3.05) is 53.6 Å². The molecule has 10 heteroatoms. The van der Waals surface area contributed by atoms with Crippen LogP contribution in [0.3, 0.4) is 0 Å². The summed E-state index contributed by atoms with van der Waals surface area (Å²) in [7, 11) is 3.33. The summed E-state index contributed by atoms with van der Waals surface area (Å²) in [6.07, 6.45) is 11.5. The number of aliphatic hydroxyl groups excluding tert-OH is 1. The molecule has 0 amide bonds. The maximum Gasteiger partial charge on any atom is 0.332 e. The minimum atomic E-state index is -0.504. The third-order valence-corrected chi connectivity index (χ3v) is 12.6. The minimum Gasteiger partial charge on any atom is -0.497 e. The van der Waals surface area contributed by atoms with Gasteiger partial charge in [0.05, 0.1) is 44.1 Å². The SMILES string of the molecule is C=CC1CN2CCC1CC2[C@@H](O)c1ccnc2ccc(OC)cc12.C=CC1CN2CCC1CC2[C@@H](OCC(=O)OCC(C)C)c1ccnc2ccc(OC)cc12. The van der Waals surface area contributed by atoms with E-state index >= 15 is 0 Å². The number of pyridine rings is 2. The lowest BCUT2D eigenvalue weighted by atomic mass is 9.73. The fourth-order valence-electron chi connectivity index (χ4n) is 9.53. The second-order valence-electron chi connectivity index (χ2n) is 16.3. The van der Waals surface area contributed by atoms with Crippen LogP contribution < -0.4 is 9.47 Å². The van der Waals surface area contributed by atoms with E-state index in [1.165, 1.54) is 12.8 Å². The normalized spacial score (nSPS) is 27.6. The van der Waals surface area contributed by atoms with Crippen molar-refractivity contribution in [2.45, 2.75) is 63.8 Å². The molecule has 10 rings (SSSR count). The molecule has 8 unspecified atom stereocenters. The number of aromatic nitrogens is 2. The fourth-order valence-corrected chi connectivity index (χ4v) is 9.53. The van der Waals surface area contributed by atoms with Crippen LogP contribution in [0.1, 0.15) is 62.9 Å². The van der Waals surface area contributed by atoms with Crippen molar-refractivity contribution in [2.24, 2.45) is 29.6 Å². The molecular formula is C46H58N4O6. The van der Waals surface area contributed by atoms with Gasteiger partial charge in [-0.05, 0) is 128 Å². The molecule has 2 aromatic carbocycles. The number of hydrogen-bond donors (Lipinski definition) is 1. The Morgan fingerprint density at radius 1 is 0.821 bits per heavy atom. The number of nitrogens with zero attached hydrogens (tertiary/aromatic N) is 4. The van der Waals surface area contributed by atoms with E-state index in [1.54, 1.807) is 20.4 Å². The number of aliphatic hydroxyl groups is 1. The van der Waals surface area contributed by atoms with Crippen molar-refractivity contribution in [3.8, 4) is 11.5 Å². The average Bonchev–Trinajstić information content (AvgIpc) is 3.25. The molecular weight excluding hydrogens is 705 g/mol. The van der Waals surface area contributed by atoms with Crippen LogP contribution in [0.5, 0.6) is 11.5 Å². The van der Waals surface area contributed by atoms with E-state index in [4.69, 9.17) is 18.9 Å². The standard InChI is InChI=1S/C26H34N2O4.C20H24N2O2/c1-5-18-14-28-11-9-19(18)12-24(28)26(32-16-25(29)31-15-17(2)3)21-8-10-27-23-7-6-20(30-4)13-22(21)23;1-3-13-12-22-9-7-14(13)10-19(22)20(23)16-6-8-21-18-5-4-15(24-2)11-17(16)18/h5-8,10,13,17-19,24,26H,1,9,11-12,14-16H2,2-4H3;3-6,8,11,13-14,19-20,23H,1,7,9-10,12H2,2H3/t18?,19?,24?,26-;13?,14?,19?,20-/m00/s1. The Kier molecular flexibility index (Phi) is 12.7. The summed E-state index contributed by atoms with van der Waals surface area (Å²) in [5.74, 6) is 3.88. The lowest BCUT2D eigenvalue weighted by molar-refractivity contribution is -0.156. The first-order valence-corrected chi connectivity index (χ1v) is 20.2. The van der Waals surface area contributed by atoms with Gasteiger partial charge in [-0.2, -0.15) is 0 Å². The smallest absolute Gasteiger partial charge is 0.332 e. The summed E-state index contributed by atoms with van der Waals surface area (Å²) in [6.45, 7) is 16.5. The monoisotopic (exact) mass is 762 g/mol. The number of hydrogen-bond acceptors (Lipinski definition) is 10. The summed E-state index contributed by atoms with van der Waals surface area (Å²) in [4.78, 5) is 26.3. The van der Waals surface area contributed by atoms with Gasteiger partial charge in [-0.15, -0.1) is 13.2 Å². The molecule has 6 aliphatic heterocycles. The predicted octanol–water partition coefficient (Wildman–Crippen LogP) is 7.57. The number of ether oxygens (including phenoxy) is 4. The molecule has 4 aromatic rings. The van der Waals surface area contributed by atoms with Crippen LogP contribution in [-0.4, -0.2) is 96.5 Å². The van der Waals surface area contributed by atoms with Gasteiger partial charge in [-0.3, -0.25) is 19.8 Å². The lowest BCUT2D eigenvalue weighted by Gasteiger charge is -2.51. The number of methoxy groups -OCH3 is 2. The quantitative estimate of drug-likeness (QED) is 0.108. The highest BCUT2D eigenvalue weighted by Crippen LogP contribution is 2.44. The van der Waals surface area contributed by atoms with E-state index in [2.05, 4.69) is 45.1 Å². The molecule has 4 bridgehead atoms. The molecule has 1 N–H and O–H groups in total. The summed E-state index contributed by atoms with van der Waals surface area (Å²) < 4.78 is 22.5. The second-order valence-corrected chi connectivity index (χ2v) is 16.3. The summed E-state index contributed by atoms with van der Waals surface area (Å²) in [5, 5.41) is 13.1. The molecule has 10 atom stereocenters. The van der Waals surface area contributed by atoms with Gasteiger partial charge < -0.3 is 24.1 Å². The first-order valence-electron chi connectivity index (χ1n) is 20.2. The maximum atomic E-state index is 12.4. The van der Waals surface area contributed by atoms with Crippen molar-refractivity contribution in [3.05, 3.63) is 97.4 Å². The van der Waals surface area contributed by atoms with Gasteiger partial charge in [0.25, 0.3) is 0 Å². The van der Waals surface area contributed by atoms with Crippen molar-refractivity contribution in [1.82, 2.24) is 19.8 Å². The zero-order chi connectivity index (χ0) is 39.3. The first-order chi connectivity index (χ1) is 27.2. The fraction of sp³-hybridized carbons (Fsp3) is 0.500. The van der Waals surface area contributed by atoms with Crippen molar-refractivity contribution < 1.29 is 28.8 Å². The van der Waals surface area contributed by atoms with Gasteiger partial charge in [0, 0.05) is 48.3 Å². The molecule has 0 saturated carbocycles. The molecule has 10 nitrogen and oxygen atoms in total. The number of esters is 1. The Morgan fingerprint density at radius 2 is 1.36 bits per heavy atom. The molecule has 0 aliphatic carbocycles. The van der Waals surface area contributed by atoms with E-state index in [1.807, 2.05) is 68.6 Å². The van der Waals surface area contributed by atoms with E-state index in [-0.39, 0.29) is 30.8 Å². The Hall–Kier alpha value is -4.35.